The SMILES string of the molecule is COc1cccc(CNC[C@@H](O)[C@H](Cc2cc(F)cc(F)c2)NC(=O)c2cc(/C(C)=N/OCc3ccccc3)cc(S(C)(=O)=O)c2)c1. The van der Waals surface area contributed by atoms with Crippen LogP contribution in [0.15, 0.2) is 101 Å². The topological polar surface area (TPSA) is 126 Å². The van der Waals surface area contributed by atoms with Crippen LogP contribution in [0, 0.1) is 11.6 Å². The lowest BCUT2D eigenvalue weighted by atomic mass is 9.99. The molecule has 3 N–H and O–H groups in total. The van der Waals surface area contributed by atoms with Crippen molar-refractivity contribution in [3.63, 3.8) is 0 Å². The quantitative estimate of drug-likeness (QED) is 0.123. The van der Waals surface area contributed by atoms with Gasteiger partial charge in [0.15, 0.2) is 9.84 Å². The van der Waals surface area contributed by atoms with Gasteiger partial charge in [0.05, 0.1) is 29.9 Å². The van der Waals surface area contributed by atoms with Gasteiger partial charge in [-0.3, -0.25) is 4.79 Å². The lowest BCUT2D eigenvalue weighted by Crippen LogP contribution is -2.48. The average molecular weight is 666 g/mol. The van der Waals surface area contributed by atoms with Crippen LogP contribution >= 0.6 is 0 Å². The number of nitrogens with zero attached hydrogens (tertiary/aromatic N) is 1. The van der Waals surface area contributed by atoms with Crippen molar-refractivity contribution >= 4 is 21.5 Å². The molecule has 0 aliphatic rings. The standard InChI is InChI=1S/C35H37F2N3O6S/c1-23(40-46-22-24-8-5-4-6-9-24)27-16-28(18-32(17-27)47(3,43)44)35(42)39-33(15-26-12-29(36)19-30(37)13-26)34(41)21-38-20-25-10-7-11-31(14-25)45-2/h4-14,16-19,33-34,38,41H,15,20-22H2,1-3H3,(H,39,42)/b40-23+/t33-,34+/m0/s1. The Morgan fingerprint density at radius 2 is 1.57 bits per heavy atom. The number of oxime groups is 1. The molecule has 4 rings (SSSR count). The molecular formula is C35H37F2N3O6S. The highest BCUT2D eigenvalue weighted by atomic mass is 32.2. The van der Waals surface area contributed by atoms with Crippen molar-refractivity contribution in [2.24, 2.45) is 5.16 Å². The molecule has 4 aromatic carbocycles. The van der Waals surface area contributed by atoms with E-state index in [-0.39, 0.29) is 35.6 Å². The minimum Gasteiger partial charge on any atom is -0.497 e. The normalized spacial score (nSPS) is 13.1. The fourth-order valence-corrected chi connectivity index (χ4v) is 5.47. The molecule has 0 heterocycles. The van der Waals surface area contributed by atoms with Crippen LogP contribution in [-0.2, 0) is 34.2 Å². The Labute approximate surface area is 273 Å². The van der Waals surface area contributed by atoms with Gasteiger partial charge in [0.1, 0.15) is 24.0 Å². The van der Waals surface area contributed by atoms with Crippen LogP contribution < -0.4 is 15.4 Å². The highest BCUT2D eigenvalue weighted by Crippen LogP contribution is 2.19. The highest BCUT2D eigenvalue weighted by Gasteiger charge is 2.24. The van der Waals surface area contributed by atoms with E-state index >= 15 is 0 Å². The predicted octanol–water partition coefficient (Wildman–Crippen LogP) is 4.81. The zero-order valence-corrected chi connectivity index (χ0v) is 27.1. The molecule has 0 bridgehead atoms. The molecule has 248 valence electrons. The summed E-state index contributed by atoms with van der Waals surface area (Å²) in [6.45, 7) is 2.18. The minimum absolute atomic E-state index is 0.0130. The molecule has 0 fully saturated rings. The van der Waals surface area contributed by atoms with Crippen molar-refractivity contribution in [3.05, 3.63) is 130 Å². The number of benzene rings is 4. The summed E-state index contributed by atoms with van der Waals surface area (Å²) in [6, 6.07) is 22.7. The van der Waals surface area contributed by atoms with E-state index in [9.17, 15) is 27.1 Å². The van der Waals surface area contributed by atoms with Gasteiger partial charge in [-0.05, 0) is 72.5 Å². The zero-order valence-electron chi connectivity index (χ0n) is 26.2. The summed E-state index contributed by atoms with van der Waals surface area (Å²) in [6.07, 6.45) is -0.303. The van der Waals surface area contributed by atoms with Gasteiger partial charge in [-0.15, -0.1) is 0 Å². The Bertz CT molecular complexity index is 1800. The van der Waals surface area contributed by atoms with Gasteiger partial charge in [0.2, 0.25) is 0 Å². The number of carbonyl (C=O) groups is 1. The van der Waals surface area contributed by atoms with Crippen LogP contribution in [0.3, 0.4) is 0 Å². The van der Waals surface area contributed by atoms with Crippen molar-refractivity contribution in [2.75, 3.05) is 19.9 Å². The van der Waals surface area contributed by atoms with Gasteiger partial charge < -0.3 is 25.3 Å². The van der Waals surface area contributed by atoms with Gasteiger partial charge in [-0.25, -0.2) is 17.2 Å². The predicted molar refractivity (Wildman–Crippen MR) is 175 cm³/mol. The largest absolute Gasteiger partial charge is 0.497 e. The van der Waals surface area contributed by atoms with Crippen LogP contribution in [-0.4, -0.2) is 57.2 Å². The molecule has 2 atom stereocenters. The third kappa shape index (κ3) is 10.7. The summed E-state index contributed by atoms with van der Waals surface area (Å²) in [4.78, 5) is 19.0. The van der Waals surface area contributed by atoms with Crippen molar-refractivity contribution in [1.82, 2.24) is 10.6 Å². The molecule has 0 aliphatic carbocycles. The van der Waals surface area contributed by atoms with Gasteiger partial charge in [0.25, 0.3) is 5.91 Å². The Hall–Kier alpha value is -4.65. The average Bonchev–Trinajstić information content (AvgIpc) is 3.03. The second-order valence-corrected chi connectivity index (χ2v) is 13.1. The van der Waals surface area contributed by atoms with Crippen LogP contribution in [0.5, 0.6) is 5.75 Å². The summed E-state index contributed by atoms with van der Waals surface area (Å²) in [5, 5.41) is 21.1. The second kappa shape index (κ2) is 16.3. The number of halogens is 2. The van der Waals surface area contributed by atoms with E-state index in [1.165, 1.54) is 18.2 Å². The number of carbonyl (C=O) groups excluding carboxylic acids is 1. The molecule has 0 saturated heterocycles. The number of aliphatic hydroxyl groups is 1. The molecule has 12 heteroatoms. The van der Waals surface area contributed by atoms with Crippen molar-refractivity contribution in [3.8, 4) is 5.75 Å². The molecule has 0 saturated carbocycles. The maximum atomic E-state index is 14.0. The number of aliphatic hydroxyl groups excluding tert-OH is 1. The molecule has 0 spiro atoms. The molecule has 0 aliphatic heterocycles. The van der Waals surface area contributed by atoms with E-state index in [1.807, 2.05) is 48.5 Å². The smallest absolute Gasteiger partial charge is 0.251 e. The molecule has 0 radical (unpaired) electrons. The third-order valence-electron chi connectivity index (χ3n) is 7.27. The van der Waals surface area contributed by atoms with Gasteiger partial charge in [-0.1, -0.05) is 47.6 Å². The fraction of sp³-hybridized carbons (Fsp3) is 0.257. The maximum Gasteiger partial charge on any atom is 0.251 e. The first-order chi connectivity index (χ1) is 22.4. The number of methoxy groups -OCH3 is 1. The molecule has 9 nitrogen and oxygen atoms in total. The summed E-state index contributed by atoms with van der Waals surface area (Å²) >= 11 is 0. The Kier molecular flexibility index (Phi) is 12.2. The number of ether oxygens (including phenoxy) is 1. The van der Waals surface area contributed by atoms with Gasteiger partial charge in [-0.2, -0.15) is 0 Å². The molecule has 0 aromatic heterocycles. The van der Waals surface area contributed by atoms with Crippen molar-refractivity contribution in [2.45, 2.75) is 43.5 Å². The van der Waals surface area contributed by atoms with Crippen LogP contribution in [0.4, 0.5) is 8.78 Å². The molecule has 0 unspecified atom stereocenters. The third-order valence-corrected chi connectivity index (χ3v) is 8.36. The number of hydrogen-bond donors (Lipinski definition) is 3. The van der Waals surface area contributed by atoms with Crippen LogP contribution in [0.25, 0.3) is 0 Å². The van der Waals surface area contributed by atoms with E-state index in [0.29, 0.717) is 23.6 Å². The van der Waals surface area contributed by atoms with Gasteiger partial charge >= 0.3 is 0 Å². The number of nitrogens with one attached hydrogen (secondary N) is 2. The van der Waals surface area contributed by atoms with Crippen LogP contribution in [0.2, 0.25) is 0 Å². The maximum absolute atomic E-state index is 14.0. The van der Waals surface area contributed by atoms with E-state index in [2.05, 4.69) is 15.8 Å². The molecule has 4 aromatic rings. The first kappa shape index (κ1) is 35.2. The fourth-order valence-electron chi connectivity index (χ4n) is 4.79. The first-order valence-corrected chi connectivity index (χ1v) is 16.6. The van der Waals surface area contributed by atoms with Crippen molar-refractivity contribution < 1.29 is 36.7 Å². The number of rotatable bonds is 15. The van der Waals surface area contributed by atoms with E-state index < -0.39 is 39.5 Å². The molecular weight excluding hydrogens is 628 g/mol. The highest BCUT2D eigenvalue weighted by molar-refractivity contribution is 7.90. The van der Waals surface area contributed by atoms with E-state index in [4.69, 9.17) is 9.57 Å². The summed E-state index contributed by atoms with van der Waals surface area (Å²) < 4.78 is 58.4. The zero-order chi connectivity index (χ0) is 34.0. The van der Waals surface area contributed by atoms with Crippen molar-refractivity contribution in [1.29, 1.82) is 0 Å². The molecule has 1 amide bonds. The van der Waals surface area contributed by atoms with E-state index in [1.54, 1.807) is 20.1 Å². The Balaban J connectivity index is 1.56. The lowest BCUT2D eigenvalue weighted by Gasteiger charge is -2.25. The van der Waals surface area contributed by atoms with Crippen LogP contribution in [0.1, 0.15) is 39.5 Å². The van der Waals surface area contributed by atoms with Gasteiger partial charge in [0, 0.05) is 36.5 Å². The Morgan fingerprint density at radius 1 is 0.894 bits per heavy atom. The number of amides is 1. The first-order valence-electron chi connectivity index (χ1n) is 14.7. The molecule has 47 heavy (non-hydrogen) atoms. The summed E-state index contributed by atoms with van der Waals surface area (Å²) in [5.74, 6) is -1.64. The number of sulfone groups is 1. The van der Waals surface area contributed by atoms with E-state index in [0.717, 1.165) is 35.6 Å². The monoisotopic (exact) mass is 665 g/mol. The lowest BCUT2D eigenvalue weighted by molar-refractivity contribution is 0.0829. The number of hydrogen-bond acceptors (Lipinski definition) is 8. The Morgan fingerprint density at radius 3 is 2.26 bits per heavy atom. The summed E-state index contributed by atoms with van der Waals surface area (Å²) in [7, 11) is -2.20. The minimum atomic E-state index is -3.75. The summed E-state index contributed by atoms with van der Waals surface area (Å²) in [5.41, 5.74) is 2.62. The second-order valence-electron chi connectivity index (χ2n) is 11.1.